The highest BCUT2D eigenvalue weighted by Gasteiger charge is 2.31. The lowest BCUT2D eigenvalue weighted by Crippen LogP contribution is -2.50. The summed E-state index contributed by atoms with van der Waals surface area (Å²) in [6.45, 7) is -3.66. The molecule has 0 heterocycles. The molecule has 0 spiro atoms. The molecule has 0 radical (unpaired) electrons. The highest BCUT2D eigenvalue weighted by Crippen LogP contribution is 2.23. The zero-order chi connectivity index (χ0) is 23.8. The Bertz CT molecular complexity index is 1180. The normalized spacial score (nSPS) is 12.7. The number of nitrogens with one attached hydrogen (secondary N) is 2. The van der Waals surface area contributed by atoms with Gasteiger partial charge >= 0.3 is 6.61 Å². The Morgan fingerprint density at radius 1 is 1.03 bits per heavy atom. The van der Waals surface area contributed by atoms with Gasteiger partial charge in [-0.05, 0) is 18.2 Å². The first-order chi connectivity index (χ1) is 15.0. The van der Waals surface area contributed by atoms with Gasteiger partial charge in [-0.25, -0.2) is 16.8 Å². The second-order valence-electron chi connectivity index (χ2n) is 6.40. The number of nitrogens with zero attached hydrogens (tertiary/aromatic N) is 1. The van der Waals surface area contributed by atoms with Gasteiger partial charge in [-0.3, -0.25) is 4.79 Å². The summed E-state index contributed by atoms with van der Waals surface area (Å²) >= 11 is 0. The molecule has 0 aromatic heterocycles. The number of sulfone groups is 1. The van der Waals surface area contributed by atoms with Crippen molar-refractivity contribution in [2.45, 2.75) is 23.3 Å². The Morgan fingerprint density at radius 3 is 2.28 bits per heavy atom. The maximum absolute atomic E-state index is 12.7. The molecule has 2 rings (SSSR count). The smallest absolute Gasteiger partial charge is 0.387 e. The Kier molecular flexibility index (Phi) is 8.64. The van der Waals surface area contributed by atoms with Crippen LogP contribution in [0, 0.1) is 11.3 Å². The molecule has 172 valence electrons. The van der Waals surface area contributed by atoms with Crippen molar-refractivity contribution in [2.75, 3.05) is 12.3 Å². The topological polar surface area (TPSA) is 142 Å². The van der Waals surface area contributed by atoms with Crippen LogP contribution in [-0.4, -0.2) is 47.7 Å². The maximum atomic E-state index is 12.7. The minimum atomic E-state index is -4.28. The molecule has 1 atom stereocenters. The van der Waals surface area contributed by atoms with E-state index in [2.05, 4.69) is 10.1 Å². The number of amides is 1. The summed E-state index contributed by atoms with van der Waals surface area (Å²) in [5, 5.41) is 10.8. The molecular weight excluding hydrogens is 468 g/mol. The van der Waals surface area contributed by atoms with Crippen molar-refractivity contribution in [3.05, 3.63) is 60.2 Å². The van der Waals surface area contributed by atoms with Gasteiger partial charge in [0.15, 0.2) is 9.84 Å². The van der Waals surface area contributed by atoms with Crippen LogP contribution >= 0.6 is 0 Å². The maximum Gasteiger partial charge on any atom is 0.387 e. The molecule has 2 aromatic rings. The zero-order valence-electron chi connectivity index (χ0n) is 16.4. The Labute approximate surface area is 184 Å². The summed E-state index contributed by atoms with van der Waals surface area (Å²) < 4.78 is 82.1. The van der Waals surface area contributed by atoms with Crippen molar-refractivity contribution in [1.82, 2.24) is 10.0 Å². The van der Waals surface area contributed by atoms with Crippen LogP contribution in [0.15, 0.2) is 59.5 Å². The molecule has 2 N–H and O–H groups in total. The van der Waals surface area contributed by atoms with Crippen LogP contribution in [0.4, 0.5) is 8.78 Å². The molecule has 2 aromatic carbocycles. The predicted molar refractivity (Wildman–Crippen MR) is 110 cm³/mol. The van der Waals surface area contributed by atoms with Gasteiger partial charge in [0.2, 0.25) is 15.9 Å². The molecule has 0 saturated carbocycles. The average molecular weight is 488 g/mol. The average Bonchev–Trinajstić information content (AvgIpc) is 2.72. The highest BCUT2D eigenvalue weighted by molar-refractivity contribution is 7.91. The van der Waals surface area contributed by atoms with Gasteiger partial charge in [0.25, 0.3) is 0 Å². The second-order valence-corrected chi connectivity index (χ2v) is 10.2. The first kappa shape index (κ1) is 25.2. The van der Waals surface area contributed by atoms with E-state index in [9.17, 15) is 30.4 Å². The number of alkyl halides is 2. The Hall–Kier alpha value is -3.08. The van der Waals surface area contributed by atoms with Crippen LogP contribution in [-0.2, 0) is 30.4 Å². The quantitative estimate of drug-likeness (QED) is 0.453. The largest absolute Gasteiger partial charge is 0.435 e. The summed E-state index contributed by atoms with van der Waals surface area (Å²) in [5.41, 5.74) is -0.0881. The standard InChI is InChI=1S/C19H19F2N3O6S2/c20-19(21)30-17-9-5-4-6-14(17)12-31(26,27)13-16(18(25)23-11-10-22)24-32(28,29)15-7-2-1-3-8-15/h1-9,16,19,24H,11-13H2,(H,23,25). The lowest BCUT2D eigenvalue weighted by atomic mass is 10.2. The molecule has 1 unspecified atom stereocenters. The first-order valence-electron chi connectivity index (χ1n) is 8.99. The number of halogens is 2. The summed E-state index contributed by atoms with van der Waals surface area (Å²) in [5.74, 6) is -3.17. The Morgan fingerprint density at radius 2 is 1.66 bits per heavy atom. The summed E-state index contributed by atoms with van der Waals surface area (Å²) in [6, 6.07) is 12.0. The number of sulfonamides is 1. The fraction of sp³-hybridized carbons (Fsp3) is 0.263. The molecule has 1 amide bonds. The monoisotopic (exact) mass is 487 g/mol. The van der Waals surface area contributed by atoms with Crippen molar-refractivity contribution in [1.29, 1.82) is 5.26 Å². The van der Waals surface area contributed by atoms with Gasteiger partial charge in [-0.15, -0.1) is 0 Å². The molecule has 0 saturated heterocycles. The van der Waals surface area contributed by atoms with Gasteiger partial charge in [-0.2, -0.15) is 18.8 Å². The highest BCUT2D eigenvalue weighted by atomic mass is 32.2. The number of carbonyl (C=O) groups excluding carboxylic acids is 1. The SMILES string of the molecule is N#CCNC(=O)C(CS(=O)(=O)Cc1ccccc1OC(F)F)NS(=O)(=O)c1ccccc1. The van der Waals surface area contributed by atoms with Gasteiger partial charge in [-0.1, -0.05) is 36.4 Å². The summed E-state index contributed by atoms with van der Waals surface area (Å²) in [6.07, 6.45) is 0. The number of rotatable bonds is 11. The molecule has 0 aliphatic carbocycles. The van der Waals surface area contributed by atoms with Crippen LogP contribution in [0.5, 0.6) is 5.75 Å². The predicted octanol–water partition coefficient (Wildman–Crippen LogP) is 1.19. The van der Waals surface area contributed by atoms with E-state index >= 15 is 0 Å². The summed E-state index contributed by atoms with van der Waals surface area (Å²) in [7, 11) is -8.49. The van der Waals surface area contributed by atoms with E-state index in [1.54, 1.807) is 12.1 Å². The molecular formula is C19H19F2N3O6S2. The molecule has 9 nitrogen and oxygen atoms in total. The van der Waals surface area contributed by atoms with Crippen molar-refractivity contribution < 1.29 is 35.1 Å². The van der Waals surface area contributed by atoms with E-state index < -0.39 is 56.5 Å². The Balaban J connectivity index is 2.29. The van der Waals surface area contributed by atoms with E-state index in [1.807, 2.05) is 4.72 Å². The third-order valence-electron chi connectivity index (χ3n) is 3.99. The molecule has 0 fully saturated rings. The van der Waals surface area contributed by atoms with Gasteiger partial charge in [0.1, 0.15) is 18.3 Å². The fourth-order valence-electron chi connectivity index (χ4n) is 2.65. The van der Waals surface area contributed by atoms with E-state index in [0.29, 0.717) is 0 Å². The minimum absolute atomic E-state index is 0.0881. The number of benzene rings is 2. The number of hydrogen-bond donors (Lipinski definition) is 2. The van der Waals surface area contributed by atoms with Crippen molar-refractivity contribution in [3.63, 3.8) is 0 Å². The number of hydrogen-bond acceptors (Lipinski definition) is 7. The van der Waals surface area contributed by atoms with Crippen LogP contribution in [0.1, 0.15) is 5.56 Å². The van der Waals surface area contributed by atoms with E-state index in [1.165, 1.54) is 42.5 Å². The molecule has 0 bridgehead atoms. The van der Waals surface area contributed by atoms with E-state index in [0.717, 1.165) is 6.07 Å². The number of nitriles is 1. The van der Waals surface area contributed by atoms with E-state index in [-0.39, 0.29) is 16.2 Å². The van der Waals surface area contributed by atoms with Crippen molar-refractivity contribution in [3.8, 4) is 11.8 Å². The zero-order valence-corrected chi connectivity index (χ0v) is 18.1. The van der Waals surface area contributed by atoms with Crippen LogP contribution < -0.4 is 14.8 Å². The minimum Gasteiger partial charge on any atom is -0.435 e. The molecule has 13 heteroatoms. The lowest BCUT2D eigenvalue weighted by molar-refractivity contribution is -0.122. The van der Waals surface area contributed by atoms with Crippen molar-refractivity contribution in [2.24, 2.45) is 0 Å². The first-order valence-corrected chi connectivity index (χ1v) is 12.3. The third kappa shape index (κ3) is 7.56. The van der Waals surface area contributed by atoms with Crippen molar-refractivity contribution >= 4 is 25.8 Å². The number of ether oxygens (including phenoxy) is 1. The van der Waals surface area contributed by atoms with Crippen LogP contribution in [0.25, 0.3) is 0 Å². The van der Waals surface area contributed by atoms with Gasteiger partial charge < -0.3 is 10.1 Å². The molecule has 32 heavy (non-hydrogen) atoms. The third-order valence-corrected chi connectivity index (χ3v) is 7.07. The number of para-hydroxylation sites is 1. The second kappa shape index (κ2) is 11.0. The van der Waals surface area contributed by atoms with Crippen LogP contribution in [0.3, 0.4) is 0 Å². The summed E-state index contributed by atoms with van der Waals surface area (Å²) in [4.78, 5) is 12.2. The molecule has 0 aliphatic rings. The molecule has 0 aliphatic heterocycles. The fourth-order valence-corrected chi connectivity index (χ4v) is 5.55. The number of carbonyl (C=O) groups is 1. The lowest BCUT2D eigenvalue weighted by Gasteiger charge is -2.18. The van der Waals surface area contributed by atoms with Crippen LogP contribution in [0.2, 0.25) is 0 Å². The van der Waals surface area contributed by atoms with Gasteiger partial charge in [0.05, 0.1) is 22.5 Å². The van der Waals surface area contributed by atoms with E-state index in [4.69, 9.17) is 5.26 Å². The van der Waals surface area contributed by atoms with Gasteiger partial charge in [0, 0.05) is 5.56 Å².